The smallest absolute Gasteiger partial charge is 0.336 e. The van der Waals surface area contributed by atoms with Crippen LogP contribution in [-0.4, -0.2) is 45.4 Å². The summed E-state index contributed by atoms with van der Waals surface area (Å²) >= 11 is 0. The van der Waals surface area contributed by atoms with Gasteiger partial charge in [0.05, 0.1) is 19.4 Å². The SMILES string of the molecule is CC(C)COC(=O)CC(O)(CC(=O)O)C(=O)O. The molecule has 0 rings (SSSR count). The summed E-state index contributed by atoms with van der Waals surface area (Å²) in [7, 11) is 0. The molecule has 0 amide bonds. The lowest BCUT2D eigenvalue weighted by Crippen LogP contribution is -2.43. The van der Waals surface area contributed by atoms with E-state index in [0.717, 1.165) is 0 Å². The number of hydrogen-bond acceptors (Lipinski definition) is 5. The van der Waals surface area contributed by atoms with Gasteiger partial charge in [0.1, 0.15) is 0 Å². The zero-order valence-electron chi connectivity index (χ0n) is 9.67. The van der Waals surface area contributed by atoms with Gasteiger partial charge in [-0.05, 0) is 5.92 Å². The number of hydrogen-bond donors (Lipinski definition) is 3. The van der Waals surface area contributed by atoms with Crippen molar-refractivity contribution < 1.29 is 34.4 Å². The molecule has 0 fully saturated rings. The van der Waals surface area contributed by atoms with Crippen molar-refractivity contribution in [1.29, 1.82) is 0 Å². The normalized spacial score (nSPS) is 14.1. The molecule has 98 valence electrons. The van der Waals surface area contributed by atoms with Gasteiger partial charge in [-0.1, -0.05) is 13.8 Å². The lowest BCUT2D eigenvalue weighted by Gasteiger charge is -2.20. The molecule has 7 nitrogen and oxygen atoms in total. The number of carbonyl (C=O) groups is 3. The van der Waals surface area contributed by atoms with E-state index in [4.69, 9.17) is 10.2 Å². The van der Waals surface area contributed by atoms with Crippen LogP contribution in [0.4, 0.5) is 0 Å². The van der Waals surface area contributed by atoms with Crippen LogP contribution in [0.5, 0.6) is 0 Å². The van der Waals surface area contributed by atoms with E-state index in [2.05, 4.69) is 4.74 Å². The fourth-order valence-corrected chi connectivity index (χ4v) is 1.01. The third-order valence-electron chi connectivity index (χ3n) is 1.86. The first kappa shape index (κ1) is 15.4. The molecule has 0 aromatic heterocycles. The maximum Gasteiger partial charge on any atom is 0.336 e. The number of carboxylic acids is 2. The molecule has 0 aliphatic heterocycles. The second-order valence-electron chi connectivity index (χ2n) is 4.16. The van der Waals surface area contributed by atoms with Crippen LogP contribution in [0, 0.1) is 5.92 Å². The summed E-state index contributed by atoms with van der Waals surface area (Å²) in [6.07, 6.45) is -1.94. The average molecular weight is 248 g/mol. The van der Waals surface area contributed by atoms with Gasteiger partial charge in [0.25, 0.3) is 0 Å². The second-order valence-corrected chi connectivity index (χ2v) is 4.16. The summed E-state index contributed by atoms with van der Waals surface area (Å²) in [5.74, 6) is -4.14. The van der Waals surface area contributed by atoms with Gasteiger partial charge in [0.15, 0.2) is 5.60 Å². The fourth-order valence-electron chi connectivity index (χ4n) is 1.01. The zero-order chi connectivity index (χ0) is 13.6. The van der Waals surface area contributed by atoms with Gasteiger partial charge in [0.2, 0.25) is 0 Å². The molecule has 0 spiro atoms. The fraction of sp³-hybridized carbons (Fsp3) is 0.700. The van der Waals surface area contributed by atoms with Crippen LogP contribution in [0.25, 0.3) is 0 Å². The van der Waals surface area contributed by atoms with Crippen LogP contribution in [0.2, 0.25) is 0 Å². The van der Waals surface area contributed by atoms with Crippen molar-refractivity contribution in [2.45, 2.75) is 32.3 Å². The Morgan fingerprint density at radius 3 is 2.06 bits per heavy atom. The number of esters is 1. The number of aliphatic hydroxyl groups is 1. The molecule has 0 aromatic rings. The topological polar surface area (TPSA) is 121 Å². The Morgan fingerprint density at radius 2 is 1.71 bits per heavy atom. The highest BCUT2D eigenvalue weighted by atomic mass is 16.5. The van der Waals surface area contributed by atoms with Crippen LogP contribution in [0.1, 0.15) is 26.7 Å². The molecule has 7 heteroatoms. The summed E-state index contributed by atoms with van der Waals surface area (Å²) in [5.41, 5.74) is -2.63. The highest BCUT2D eigenvalue weighted by Crippen LogP contribution is 2.17. The quantitative estimate of drug-likeness (QED) is 0.536. The Labute approximate surface area is 98.0 Å². The number of aliphatic carboxylic acids is 2. The predicted octanol–water partition coefficient (Wildman–Crippen LogP) is -0.134. The number of rotatable bonds is 7. The zero-order valence-corrected chi connectivity index (χ0v) is 9.67. The van der Waals surface area contributed by atoms with Gasteiger partial charge >= 0.3 is 17.9 Å². The van der Waals surface area contributed by atoms with Gasteiger partial charge in [-0.25, -0.2) is 4.79 Å². The van der Waals surface area contributed by atoms with Crippen molar-refractivity contribution in [2.24, 2.45) is 5.92 Å². The Hall–Kier alpha value is -1.63. The van der Waals surface area contributed by atoms with E-state index in [1.807, 2.05) is 0 Å². The maximum absolute atomic E-state index is 11.2. The van der Waals surface area contributed by atoms with Crippen molar-refractivity contribution >= 4 is 17.9 Å². The Morgan fingerprint density at radius 1 is 1.18 bits per heavy atom. The molecule has 0 bridgehead atoms. The Bertz CT molecular complexity index is 310. The second kappa shape index (κ2) is 6.19. The van der Waals surface area contributed by atoms with Crippen LogP contribution < -0.4 is 0 Å². The predicted molar refractivity (Wildman–Crippen MR) is 55.3 cm³/mol. The molecule has 0 aliphatic carbocycles. The number of carboxylic acid groups (broad SMARTS) is 2. The van der Waals surface area contributed by atoms with E-state index in [1.54, 1.807) is 13.8 Å². The van der Waals surface area contributed by atoms with Gasteiger partial charge in [0, 0.05) is 0 Å². The van der Waals surface area contributed by atoms with E-state index in [-0.39, 0.29) is 12.5 Å². The standard InChI is InChI=1S/C10H16O7/c1-6(2)5-17-8(13)4-10(16,9(14)15)3-7(11)12/h6,16H,3-5H2,1-2H3,(H,11,12)(H,14,15). The molecule has 0 saturated carbocycles. The molecule has 0 heterocycles. The molecule has 0 radical (unpaired) electrons. The number of ether oxygens (including phenoxy) is 1. The maximum atomic E-state index is 11.2. The summed E-state index contributed by atoms with van der Waals surface area (Å²) in [6.45, 7) is 3.66. The lowest BCUT2D eigenvalue weighted by molar-refractivity contribution is -0.172. The van der Waals surface area contributed by atoms with Crippen molar-refractivity contribution in [3.8, 4) is 0 Å². The first-order chi connectivity index (χ1) is 7.67. The van der Waals surface area contributed by atoms with Crippen LogP contribution in [0.15, 0.2) is 0 Å². The minimum Gasteiger partial charge on any atom is -0.481 e. The largest absolute Gasteiger partial charge is 0.481 e. The molecule has 17 heavy (non-hydrogen) atoms. The lowest BCUT2D eigenvalue weighted by atomic mass is 9.96. The minimum absolute atomic E-state index is 0.0661. The van der Waals surface area contributed by atoms with Gasteiger partial charge in [-0.2, -0.15) is 0 Å². The summed E-state index contributed by atoms with van der Waals surface area (Å²) in [6, 6.07) is 0. The summed E-state index contributed by atoms with van der Waals surface area (Å²) in [4.78, 5) is 32.3. The van der Waals surface area contributed by atoms with E-state index < -0.39 is 36.4 Å². The van der Waals surface area contributed by atoms with Crippen LogP contribution in [-0.2, 0) is 19.1 Å². The average Bonchev–Trinajstić information content (AvgIpc) is 2.12. The molecule has 3 N–H and O–H groups in total. The van der Waals surface area contributed by atoms with Gasteiger partial charge in [-0.15, -0.1) is 0 Å². The molecular formula is C10H16O7. The summed E-state index contributed by atoms with van der Waals surface area (Å²) < 4.78 is 4.68. The van der Waals surface area contributed by atoms with Crippen molar-refractivity contribution in [3.63, 3.8) is 0 Å². The molecule has 0 saturated heterocycles. The van der Waals surface area contributed by atoms with Gasteiger partial charge < -0.3 is 20.1 Å². The Balaban J connectivity index is 4.49. The first-order valence-corrected chi connectivity index (χ1v) is 5.00. The highest BCUT2D eigenvalue weighted by Gasteiger charge is 2.41. The molecule has 1 atom stereocenters. The highest BCUT2D eigenvalue weighted by molar-refractivity contribution is 5.88. The molecule has 0 aromatic carbocycles. The molecule has 1 unspecified atom stereocenters. The summed E-state index contributed by atoms with van der Waals surface area (Å²) in [5, 5.41) is 26.7. The first-order valence-electron chi connectivity index (χ1n) is 5.00. The molecule has 0 aliphatic rings. The minimum atomic E-state index is -2.63. The van der Waals surface area contributed by atoms with E-state index >= 15 is 0 Å². The third-order valence-corrected chi connectivity index (χ3v) is 1.86. The van der Waals surface area contributed by atoms with Crippen LogP contribution >= 0.6 is 0 Å². The van der Waals surface area contributed by atoms with E-state index in [9.17, 15) is 19.5 Å². The molecular weight excluding hydrogens is 232 g/mol. The van der Waals surface area contributed by atoms with Crippen molar-refractivity contribution in [3.05, 3.63) is 0 Å². The van der Waals surface area contributed by atoms with Gasteiger partial charge in [-0.3, -0.25) is 9.59 Å². The number of carbonyl (C=O) groups excluding carboxylic acids is 1. The Kier molecular flexibility index (Phi) is 5.60. The monoisotopic (exact) mass is 248 g/mol. The third kappa shape index (κ3) is 5.86. The van der Waals surface area contributed by atoms with Crippen molar-refractivity contribution in [1.82, 2.24) is 0 Å². The van der Waals surface area contributed by atoms with Crippen LogP contribution in [0.3, 0.4) is 0 Å². The van der Waals surface area contributed by atoms with E-state index in [0.29, 0.717) is 0 Å². The van der Waals surface area contributed by atoms with Crippen molar-refractivity contribution in [2.75, 3.05) is 6.61 Å². The van der Waals surface area contributed by atoms with E-state index in [1.165, 1.54) is 0 Å².